The van der Waals surface area contributed by atoms with Gasteiger partial charge in [0.15, 0.2) is 11.5 Å². The second kappa shape index (κ2) is 6.74. The summed E-state index contributed by atoms with van der Waals surface area (Å²) in [6.07, 6.45) is 0. The van der Waals surface area contributed by atoms with Gasteiger partial charge in [-0.25, -0.2) is 0 Å². The number of likely N-dealkylation sites (N-methyl/N-ethyl adjacent to an activating group) is 1. The Balaban J connectivity index is 2.76. The van der Waals surface area contributed by atoms with Gasteiger partial charge < -0.3 is 20.1 Å². The Hall–Kier alpha value is -1.91. The van der Waals surface area contributed by atoms with Gasteiger partial charge in [-0.3, -0.25) is 4.79 Å². The Morgan fingerprint density at radius 2 is 1.94 bits per heavy atom. The van der Waals surface area contributed by atoms with E-state index in [1.807, 2.05) is 19.9 Å². The Morgan fingerprint density at radius 3 is 2.50 bits per heavy atom. The van der Waals surface area contributed by atoms with Gasteiger partial charge in [-0.2, -0.15) is 0 Å². The van der Waals surface area contributed by atoms with E-state index in [4.69, 9.17) is 9.47 Å². The predicted octanol–water partition coefficient (Wildman–Crippen LogP) is 1.64. The van der Waals surface area contributed by atoms with Gasteiger partial charge >= 0.3 is 0 Å². The molecule has 5 heteroatoms. The van der Waals surface area contributed by atoms with Gasteiger partial charge in [0, 0.05) is 18.3 Å². The summed E-state index contributed by atoms with van der Waals surface area (Å²) in [6.45, 7) is 4.32. The van der Waals surface area contributed by atoms with E-state index in [9.17, 15) is 4.79 Å². The lowest BCUT2D eigenvalue weighted by Gasteiger charge is -2.16. The quantitative estimate of drug-likeness (QED) is 0.808. The molecule has 0 aliphatic carbocycles. The average molecular weight is 252 g/mol. The van der Waals surface area contributed by atoms with Crippen LogP contribution in [0.4, 0.5) is 5.69 Å². The highest BCUT2D eigenvalue weighted by molar-refractivity contribution is 5.84. The Kier molecular flexibility index (Phi) is 5.30. The Bertz CT molecular complexity index is 407. The molecular formula is C13H20N2O3. The number of hydrogen-bond acceptors (Lipinski definition) is 4. The highest BCUT2D eigenvalue weighted by atomic mass is 16.5. The zero-order valence-electron chi connectivity index (χ0n) is 11.2. The summed E-state index contributed by atoms with van der Waals surface area (Å²) in [5.74, 6) is 1.26. The molecule has 0 bridgehead atoms. The van der Waals surface area contributed by atoms with E-state index in [0.717, 1.165) is 5.69 Å². The normalized spacial score (nSPS) is 11.6. The monoisotopic (exact) mass is 252 g/mol. The summed E-state index contributed by atoms with van der Waals surface area (Å²) in [7, 11) is 3.16. The molecule has 0 saturated heterocycles. The lowest BCUT2D eigenvalue weighted by molar-refractivity contribution is -0.121. The molecule has 1 rings (SSSR count). The third kappa shape index (κ3) is 3.55. The fourth-order valence-electron chi connectivity index (χ4n) is 1.57. The molecule has 18 heavy (non-hydrogen) atoms. The molecule has 0 spiro atoms. The minimum absolute atomic E-state index is 0.0349. The third-order valence-electron chi connectivity index (χ3n) is 2.51. The lowest BCUT2D eigenvalue weighted by atomic mass is 10.2. The van der Waals surface area contributed by atoms with Crippen molar-refractivity contribution in [3.8, 4) is 11.5 Å². The zero-order valence-corrected chi connectivity index (χ0v) is 11.2. The van der Waals surface area contributed by atoms with Crippen molar-refractivity contribution in [3.05, 3.63) is 18.2 Å². The van der Waals surface area contributed by atoms with Crippen LogP contribution in [0.1, 0.15) is 13.8 Å². The van der Waals surface area contributed by atoms with Gasteiger partial charge in [0.2, 0.25) is 5.91 Å². The number of benzene rings is 1. The number of ether oxygens (including phenoxy) is 2. The second-order valence-electron chi connectivity index (χ2n) is 3.83. The van der Waals surface area contributed by atoms with Crippen LogP contribution in [-0.2, 0) is 4.79 Å². The summed E-state index contributed by atoms with van der Waals surface area (Å²) in [4.78, 5) is 11.6. The number of methoxy groups -OCH3 is 2. The summed E-state index contributed by atoms with van der Waals surface area (Å²) >= 11 is 0. The van der Waals surface area contributed by atoms with Crippen LogP contribution in [0.2, 0.25) is 0 Å². The molecule has 0 aliphatic heterocycles. The first-order valence-corrected chi connectivity index (χ1v) is 5.88. The molecular weight excluding hydrogens is 232 g/mol. The highest BCUT2D eigenvalue weighted by Crippen LogP contribution is 2.29. The smallest absolute Gasteiger partial charge is 0.242 e. The van der Waals surface area contributed by atoms with Crippen LogP contribution in [0.25, 0.3) is 0 Å². The van der Waals surface area contributed by atoms with Crippen molar-refractivity contribution in [3.63, 3.8) is 0 Å². The molecule has 1 aromatic carbocycles. The molecule has 2 N–H and O–H groups in total. The van der Waals surface area contributed by atoms with E-state index in [1.54, 1.807) is 26.4 Å². The van der Waals surface area contributed by atoms with Crippen molar-refractivity contribution < 1.29 is 14.3 Å². The van der Waals surface area contributed by atoms with Gasteiger partial charge in [0.1, 0.15) is 6.04 Å². The van der Waals surface area contributed by atoms with Crippen LogP contribution in [-0.4, -0.2) is 32.7 Å². The Morgan fingerprint density at radius 1 is 1.28 bits per heavy atom. The van der Waals surface area contributed by atoms with Crippen molar-refractivity contribution in [2.24, 2.45) is 0 Å². The fourth-order valence-corrected chi connectivity index (χ4v) is 1.57. The van der Waals surface area contributed by atoms with Gasteiger partial charge in [-0.05, 0) is 26.0 Å². The van der Waals surface area contributed by atoms with Crippen LogP contribution >= 0.6 is 0 Å². The number of hydrogen-bond donors (Lipinski definition) is 2. The summed E-state index contributed by atoms with van der Waals surface area (Å²) in [5.41, 5.74) is 0.811. The van der Waals surface area contributed by atoms with Gasteiger partial charge in [0.05, 0.1) is 14.2 Å². The number of nitrogens with one attached hydrogen (secondary N) is 2. The molecule has 0 fully saturated rings. The van der Waals surface area contributed by atoms with Gasteiger partial charge in [-0.1, -0.05) is 0 Å². The summed E-state index contributed by atoms with van der Waals surface area (Å²) in [6, 6.07) is 5.14. The molecule has 0 aromatic heterocycles. The molecule has 0 saturated carbocycles. The second-order valence-corrected chi connectivity index (χ2v) is 3.83. The van der Waals surface area contributed by atoms with Crippen LogP contribution in [0.5, 0.6) is 11.5 Å². The molecule has 0 aliphatic rings. The van der Waals surface area contributed by atoms with Crippen LogP contribution in [0.3, 0.4) is 0 Å². The highest BCUT2D eigenvalue weighted by Gasteiger charge is 2.12. The van der Waals surface area contributed by atoms with E-state index in [2.05, 4.69) is 10.6 Å². The standard InChI is InChI=1S/C13H20N2O3/c1-5-14-13(16)9(2)15-10-6-7-11(17-3)12(8-10)18-4/h6-9,15H,5H2,1-4H3,(H,14,16). The van der Waals surface area contributed by atoms with Crippen LogP contribution < -0.4 is 20.1 Å². The minimum Gasteiger partial charge on any atom is -0.493 e. The summed E-state index contributed by atoms with van der Waals surface area (Å²) < 4.78 is 10.4. The molecule has 1 unspecified atom stereocenters. The molecule has 1 aromatic rings. The number of carbonyl (C=O) groups excluding carboxylic acids is 1. The predicted molar refractivity (Wildman–Crippen MR) is 71.3 cm³/mol. The first-order chi connectivity index (χ1) is 8.62. The molecule has 5 nitrogen and oxygen atoms in total. The topological polar surface area (TPSA) is 59.6 Å². The maximum Gasteiger partial charge on any atom is 0.242 e. The zero-order chi connectivity index (χ0) is 13.5. The molecule has 1 amide bonds. The SMILES string of the molecule is CCNC(=O)C(C)Nc1ccc(OC)c(OC)c1. The number of carbonyl (C=O) groups is 1. The number of rotatable bonds is 6. The number of amides is 1. The fraction of sp³-hybridized carbons (Fsp3) is 0.462. The van der Waals surface area contributed by atoms with Crippen molar-refractivity contribution in [1.82, 2.24) is 5.32 Å². The van der Waals surface area contributed by atoms with Crippen LogP contribution in [0.15, 0.2) is 18.2 Å². The molecule has 0 heterocycles. The van der Waals surface area contributed by atoms with E-state index in [0.29, 0.717) is 18.0 Å². The van der Waals surface area contributed by atoms with Gasteiger partial charge in [0.25, 0.3) is 0 Å². The van der Waals surface area contributed by atoms with Crippen LogP contribution in [0, 0.1) is 0 Å². The van der Waals surface area contributed by atoms with E-state index in [-0.39, 0.29) is 11.9 Å². The molecule has 0 radical (unpaired) electrons. The number of anilines is 1. The maximum atomic E-state index is 11.6. The third-order valence-corrected chi connectivity index (χ3v) is 2.51. The van der Waals surface area contributed by atoms with Gasteiger partial charge in [-0.15, -0.1) is 0 Å². The maximum absolute atomic E-state index is 11.6. The average Bonchev–Trinajstić information content (AvgIpc) is 2.38. The Labute approximate surface area is 107 Å². The van der Waals surface area contributed by atoms with Crippen molar-refractivity contribution in [2.75, 3.05) is 26.1 Å². The van der Waals surface area contributed by atoms with E-state index < -0.39 is 0 Å². The lowest BCUT2D eigenvalue weighted by Crippen LogP contribution is -2.37. The molecule has 1 atom stereocenters. The van der Waals surface area contributed by atoms with Crippen molar-refractivity contribution in [2.45, 2.75) is 19.9 Å². The van der Waals surface area contributed by atoms with E-state index >= 15 is 0 Å². The van der Waals surface area contributed by atoms with E-state index in [1.165, 1.54) is 0 Å². The van der Waals surface area contributed by atoms with Crippen molar-refractivity contribution in [1.29, 1.82) is 0 Å². The largest absolute Gasteiger partial charge is 0.493 e. The summed E-state index contributed by atoms with van der Waals surface area (Å²) in [5, 5.41) is 5.86. The first-order valence-electron chi connectivity index (χ1n) is 5.88. The minimum atomic E-state index is -0.303. The first kappa shape index (κ1) is 14.2. The van der Waals surface area contributed by atoms with Crippen molar-refractivity contribution >= 4 is 11.6 Å². The molecule has 100 valence electrons.